The number of furan rings is 1. The topological polar surface area (TPSA) is 107 Å². The maximum absolute atomic E-state index is 13.3. The zero-order valence-corrected chi connectivity index (χ0v) is 23.5. The third-order valence-corrected chi connectivity index (χ3v) is 6.35. The number of ether oxygens (including phenoxy) is 2. The fraction of sp³-hybridized carbons (Fsp3) is 0.121. The first-order valence-electron chi connectivity index (χ1n) is 13.4. The monoisotopic (exact) mass is 580 g/mol. The molecule has 5 aromatic rings. The van der Waals surface area contributed by atoms with Gasteiger partial charge in [0.1, 0.15) is 29.7 Å². The molecule has 2 heterocycles. The van der Waals surface area contributed by atoms with E-state index in [2.05, 4.69) is 46.4 Å². The van der Waals surface area contributed by atoms with Gasteiger partial charge in [0.05, 0.1) is 6.21 Å². The van der Waals surface area contributed by atoms with E-state index in [0.29, 0.717) is 28.5 Å². The number of hydrazone groups is 1. The second kappa shape index (κ2) is 13.3. The average Bonchev–Trinajstić information content (AvgIpc) is 3.61. The van der Waals surface area contributed by atoms with Crippen LogP contribution in [-0.2, 0) is 11.4 Å². The van der Waals surface area contributed by atoms with Crippen molar-refractivity contribution in [2.24, 2.45) is 5.10 Å². The van der Waals surface area contributed by atoms with Gasteiger partial charge < -0.3 is 23.8 Å². The van der Waals surface area contributed by atoms with Crippen LogP contribution < -0.4 is 20.2 Å². The number of nitrogens with zero attached hydrogens (tertiary/aromatic N) is 2. The summed E-state index contributed by atoms with van der Waals surface area (Å²) in [4.78, 5) is 24.6. The molecule has 0 unspecified atom stereocenters. The molecule has 5 rings (SSSR count). The number of aromatic nitrogens is 1. The number of anilines is 1. The molecule has 0 aliphatic rings. The molecule has 0 aliphatic heterocycles. The standard InChI is InChI=1S/C33H29FN4O5/c1-22-9-10-23(2)38(22)27-11-13-28(14-12-27)41-20-30-15-16-31(43-30)33(40)37-35-19-24-5-3-8-29(17-24)42-21-32(39)36-26-7-4-6-25(34)18-26/h3-19H,20-21H2,1-2H3,(H,36,39)(H,37,40)/b35-19+. The molecule has 0 saturated carbocycles. The van der Waals surface area contributed by atoms with Crippen molar-refractivity contribution < 1.29 is 27.9 Å². The van der Waals surface area contributed by atoms with Crippen molar-refractivity contribution in [2.75, 3.05) is 11.9 Å². The second-order valence-corrected chi connectivity index (χ2v) is 9.62. The minimum atomic E-state index is -0.522. The smallest absolute Gasteiger partial charge is 0.307 e. The van der Waals surface area contributed by atoms with E-state index in [1.165, 1.54) is 24.4 Å². The van der Waals surface area contributed by atoms with E-state index in [4.69, 9.17) is 13.9 Å². The van der Waals surface area contributed by atoms with Crippen LogP contribution in [0, 0.1) is 19.7 Å². The predicted octanol–water partition coefficient (Wildman–Crippen LogP) is 6.19. The van der Waals surface area contributed by atoms with E-state index in [1.54, 1.807) is 42.5 Å². The fourth-order valence-corrected chi connectivity index (χ4v) is 4.32. The largest absolute Gasteiger partial charge is 0.486 e. The van der Waals surface area contributed by atoms with E-state index in [9.17, 15) is 14.0 Å². The Bertz CT molecular complexity index is 1740. The molecule has 9 nitrogen and oxygen atoms in total. The van der Waals surface area contributed by atoms with Crippen LogP contribution in [0.25, 0.3) is 5.69 Å². The lowest BCUT2D eigenvalue weighted by Gasteiger charge is -2.10. The van der Waals surface area contributed by atoms with Crippen molar-refractivity contribution >= 4 is 23.7 Å². The van der Waals surface area contributed by atoms with Gasteiger partial charge in [0.15, 0.2) is 12.4 Å². The third kappa shape index (κ3) is 7.76. The molecule has 0 aliphatic carbocycles. The zero-order valence-electron chi connectivity index (χ0n) is 23.5. The first-order valence-corrected chi connectivity index (χ1v) is 13.4. The summed E-state index contributed by atoms with van der Waals surface area (Å²) in [7, 11) is 0. The minimum Gasteiger partial charge on any atom is -0.486 e. The number of hydrogen-bond acceptors (Lipinski definition) is 6. The van der Waals surface area contributed by atoms with Crippen LogP contribution in [0.3, 0.4) is 0 Å². The van der Waals surface area contributed by atoms with Gasteiger partial charge in [0.2, 0.25) is 0 Å². The van der Waals surface area contributed by atoms with Gasteiger partial charge >= 0.3 is 5.91 Å². The number of benzene rings is 3. The van der Waals surface area contributed by atoms with Gasteiger partial charge in [-0.1, -0.05) is 18.2 Å². The van der Waals surface area contributed by atoms with E-state index in [-0.39, 0.29) is 19.0 Å². The summed E-state index contributed by atoms with van der Waals surface area (Å²) < 4.78 is 32.4. The van der Waals surface area contributed by atoms with E-state index in [1.807, 2.05) is 24.3 Å². The Labute approximate surface area is 247 Å². The second-order valence-electron chi connectivity index (χ2n) is 9.62. The highest BCUT2D eigenvalue weighted by Gasteiger charge is 2.11. The molecule has 43 heavy (non-hydrogen) atoms. The van der Waals surface area contributed by atoms with E-state index < -0.39 is 17.6 Å². The summed E-state index contributed by atoms with van der Waals surface area (Å²) in [5, 5.41) is 6.54. The van der Waals surface area contributed by atoms with Crippen LogP contribution in [0.15, 0.2) is 107 Å². The molecular weight excluding hydrogens is 551 g/mol. The Balaban J connectivity index is 1.08. The molecular formula is C33H29FN4O5. The minimum absolute atomic E-state index is 0.0889. The van der Waals surface area contributed by atoms with Gasteiger partial charge in [-0.05, 0) is 98.3 Å². The summed E-state index contributed by atoms with van der Waals surface area (Å²) >= 11 is 0. The Kier molecular flexibility index (Phi) is 8.96. The molecule has 2 N–H and O–H groups in total. The number of aryl methyl sites for hydroxylation is 2. The summed E-state index contributed by atoms with van der Waals surface area (Å²) in [5.41, 5.74) is 6.75. The maximum Gasteiger partial charge on any atom is 0.307 e. The number of halogens is 1. The van der Waals surface area contributed by atoms with E-state index >= 15 is 0 Å². The summed E-state index contributed by atoms with van der Waals surface area (Å²) in [5.74, 6) is 0.270. The van der Waals surface area contributed by atoms with Gasteiger partial charge in [-0.15, -0.1) is 0 Å². The normalized spacial score (nSPS) is 11.0. The molecule has 0 radical (unpaired) electrons. The van der Waals surface area contributed by atoms with Crippen molar-refractivity contribution in [1.29, 1.82) is 0 Å². The summed E-state index contributed by atoms with van der Waals surface area (Å²) in [6, 6.07) is 27.5. The number of amides is 2. The SMILES string of the molecule is Cc1ccc(C)n1-c1ccc(OCc2ccc(C(=O)N/N=C/c3cccc(OCC(=O)Nc4cccc(F)c4)c3)o2)cc1. The van der Waals surface area contributed by atoms with Crippen molar-refractivity contribution in [3.63, 3.8) is 0 Å². The Morgan fingerprint density at radius 2 is 1.65 bits per heavy atom. The Morgan fingerprint density at radius 1 is 0.884 bits per heavy atom. The molecule has 0 fully saturated rings. The molecule has 0 bridgehead atoms. The van der Waals surface area contributed by atoms with Crippen molar-refractivity contribution in [1.82, 2.24) is 9.99 Å². The van der Waals surface area contributed by atoms with Crippen LogP contribution in [0.1, 0.15) is 33.3 Å². The van der Waals surface area contributed by atoms with Crippen LogP contribution >= 0.6 is 0 Å². The number of nitrogens with one attached hydrogen (secondary N) is 2. The van der Waals surface area contributed by atoms with Crippen LogP contribution in [0.4, 0.5) is 10.1 Å². The van der Waals surface area contributed by atoms with Gasteiger partial charge in [-0.2, -0.15) is 5.10 Å². The molecule has 0 saturated heterocycles. The zero-order chi connectivity index (χ0) is 30.2. The highest BCUT2D eigenvalue weighted by atomic mass is 19.1. The average molecular weight is 581 g/mol. The number of carbonyl (C=O) groups excluding carboxylic acids is 2. The number of rotatable bonds is 11. The lowest BCUT2D eigenvalue weighted by atomic mass is 10.2. The lowest BCUT2D eigenvalue weighted by Crippen LogP contribution is -2.20. The molecule has 2 aromatic heterocycles. The van der Waals surface area contributed by atoms with Crippen LogP contribution in [0.5, 0.6) is 11.5 Å². The predicted molar refractivity (Wildman–Crippen MR) is 160 cm³/mol. The third-order valence-electron chi connectivity index (χ3n) is 6.35. The Hall–Kier alpha value is -5.64. The molecule has 218 valence electrons. The van der Waals surface area contributed by atoms with Gasteiger partial charge in [-0.3, -0.25) is 9.59 Å². The van der Waals surface area contributed by atoms with Crippen molar-refractivity contribution in [3.8, 4) is 17.2 Å². The highest BCUT2D eigenvalue weighted by molar-refractivity contribution is 5.93. The first-order chi connectivity index (χ1) is 20.8. The van der Waals surface area contributed by atoms with E-state index in [0.717, 1.165) is 17.1 Å². The quantitative estimate of drug-likeness (QED) is 0.143. The highest BCUT2D eigenvalue weighted by Crippen LogP contribution is 2.21. The van der Waals surface area contributed by atoms with Gasteiger partial charge in [-0.25, -0.2) is 9.82 Å². The summed E-state index contributed by atoms with van der Waals surface area (Å²) in [6.07, 6.45) is 1.44. The lowest BCUT2D eigenvalue weighted by molar-refractivity contribution is -0.118. The molecule has 3 aromatic carbocycles. The summed E-state index contributed by atoms with van der Waals surface area (Å²) in [6.45, 7) is 4.01. The Morgan fingerprint density at radius 3 is 2.42 bits per heavy atom. The molecule has 0 atom stereocenters. The maximum atomic E-state index is 13.3. The van der Waals surface area contributed by atoms with Crippen LogP contribution in [0.2, 0.25) is 0 Å². The fourth-order valence-electron chi connectivity index (χ4n) is 4.32. The van der Waals surface area contributed by atoms with Gasteiger partial charge in [0.25, 0.3) is 5.91 Å². The molecule has 0 spiro atoms. The van der Waals surface area contributed by atoms with Crippen molar-refractivity contribution in [3.05, 3.63) is 131 Å². The van der Waals surface area contributed by atoms with Crippen LogP contribution in [-0.4, -0.2) is 29.2 Å². The molecule has 2 amide bonds. The number of carbonyl (C=O) groups is 2. The number of hydrogen-bond donors (Lipinski definition) is 2. The molecule has 10 heteroatoms. The van der Waals surface area contributed by atoms with Crippen molar-refractivity contribution in [2.45, 2.75) is 20.5 Å². The van der Waals surface area contributed by atoms with Gasteiger partial charge in [0, 0.05) is 22.8 Å². The first kappa shape index (κ1) is 28.9.